The molecule has 0 saturated heterocycles. The Morgan fingerprint density at radius 3 is 2.54 bits per heavy atom. The van der Waals surface area contributed by atoms with Crippen molar-refractivity contribution in [1.82, 2.24) is 19.1 Å². The van der Waals surface area contributed by atoms with E-state index in [0.29, 0.717) is 11.5 Å². The van der Waals surface area contributed by atoms with Crippen LogP contribution in [-0.2, 0) is 13.6 Å². The first kappa shape index (κ1) is 23.8. The van der Waals surface area contributed by atoms with Crippen molar-refractivity contribution in [2.24, 2.45) is 12.1 Å². The van der Waals surface area contributed by atoms with Crippen molar-refractivity contribution in [2.75, 3.05) is 19.1 Å². The fraction of sp³-hybridized carbons (Fsp3) is 0.250. The van der Waals surface area contributed by atoms with E-state index in [1.54, 1.807) is 19.2 Å². The summed E-state index contributed by atoms with van der Waals surface area (Å²) in [6.07, 6.45) is -0.976. The van der Waals surface area contributed by atoms with E-state index in [2.05, 4.69) is 20.5 Å². The normalized spacial score (nSPS) is 12.5. The van der Waals surface area contributed by atoms with Gasteiger partial charge in [0.15, 0.2) is 11.2 Å². The van der Waals surface area contributed by atoms with E-state index in [4.69, 9.17) is 9.47 Å². The standard InChI is InChI=1S/C24H26N6O5/c1-15(16-9-11-18(34-3)12-10-16)27-28-23-25-21-20(22(32)26-24(33)29(21)2)30(23)13-17(31)14-35-19-7-5-4-6-8-19/h4-12,17,31H,13-14H2,1-3H3,(H,25,28)(H,26,32,33)/b27-15-/t17-/m0/s1. The van der Waals surface area contributed by atoms with Gasteiger partial charge in [0.1, 0.15) is 24.2 Å². The van der Waals surface area contributed by atoms with Crippen molar-refractivity contribution in [3.05, 3.63) is 81.0 Å². The molecule has 1 atom stereocenters. The van der Waals surface area contributed by atoms with Crippen LogP contribution < -0.4 is 26.1 Å². The molecule has 0 aliphatic rings. The number of hydrazone groups is 1. The highest BCUT2D eigenvalue weighted by Crippen LogP contribution is 2.18. The molecular weight excluding hydrogens is 452 g/mol. The number of hydrogen-bond acceptors (Lipinski definition) is 8. The van der Waals surface area contributed by atoms with Crippen LogP contribution >= 0.6 is 0 Å². The molecular formula is C24H26N6O5. The molecule has 2 aromatic heterocycles. The zero-order chi connectivity index (χ0) is 24.9. The lowest BCUT2D eigenvalue weighted by atomic mass is 10.1. The predicted molar refractivity (Wildman–Crippen MR) is 132 cm³/mol. The number of methoxy groups -OCH3 is 1. The summed E-state index contributed by atoms with van der Waals surface area (Å²) in [5, 5.41) is 15.0. The molecule has 3 N–H and O–H groups in total. The molecule has 0 bridgehead atoms. The zero-order valence-electron chi connectivity index (χ0n) is 19.6. The summed E-state index contributed by atoms with van der Waals surface area (Å²) in [5.41, 5.74) is 3.46. The number of H-pyrrole nitrogens is 1. The number of aliphatic hydroxyl groups is 1. The van der Waals surface area contributed by atoms with Gasteiger partial charge in [0, 0.05) is 7.05 Å². The smallest absolute Gasteiger partial charge is 0.329 e. The van der Waals surface area contributed by atoms with Gasteiger partial charge in [0.25, 0.3) is 5.56 Å². The molecule has 11 nitrogen and oxygen atoms in total. The number of imidazole rings is 1. The van der Waals surface area contributed by atoms with Crippen molar-refractivity contribution >= 4 is 22.8 Å². The van der Waals surface area contributed by atoms with Gasteiger partial charge in [0.2, 0.25) is 5.95 Å². The number of benzene rings is 2. The Morgan fingerprint density at radius 1 is 1.14 bits per heavy atom. The first-order valence-corrected chi connectivity index (χ1v) is 10.9. The first-order chi connectivity index (χ1) is 16.9. The van der Waals surface area contributed by atoms with Crippen molar-refractivity contribution in [2.45, 2.75) is 19.6 Å². The monoisotopic (exact) mass is 478 g/mol. The van der Waals surface area contributed by atoms with Gasteiger partial charge in [-0.05, 0) is 48.9 Å². The summed E-state index contributed by atoms with van der Waals surface area (Å²) in [5.74, 6) is 1.53. The highest BCUT2D eigenvalue weighted by atomic mass is 16.5. The summed E-state index contributed by atoms with van der Waals surface area (Å²) in [6, 6.07) is 16.5. The second-order valence-corrected chi connectivity index (χ2v) is 7.85. The van der Waals surface area contributed by atoms with Crippen LogP contribution in [0.15, 0.2) is 69.3 Å². The fourth-order valence-electron chi connectivity index (χ4n) is 3.50. The number of aromatic nitrogens is 4. The third kappa shape index (κ3) is 5.25. The van der Waals surface area contributed by atoms with Crippen LogP contribution in [0.4, 0.5) is 5.95 Å². The molecule has 11 heteroatoms. The largest absolute Gasteiger partial charge is 0.497 e. The lowest BCUT2D eigenvalue weighted by Crippen LogP contribution is -2.30. The third-order valence-electron chi connectivity index (χ3n) is 5.42. The molecule has 0 spiro atoms. The van der Waals surface area contributed by atoms with Crippen LogP contribution in [0, 0.1) is 0 Å². The number of anilines is 1. The van der Waals surface area contributed by atoms with Crippen molar-refractivity contribution in [3.63, 3.8) is 0 Å². The van der Waals surface area contributed by atoms with Gasteiger partial charge in [0.05, 0.1) is 19.4 Å². The van der Waals surface area contributed by atoms with E-state index in [-0.39, 0.29) is 30.3 Å². The van der Waals surface area contributed by atoms with E-state index >= 15 is 0 Å². The SMILES string of the molecule is COc1ccc(/C(C)=N\Nc2nc3c(c(=O)[nH]c(=O)n3C)n2C[C@H](O)COc2ccccc2)cc1. The lowest BCUT2D eigenvalue weighted by molar-refractivity contribution is 0.0938. The van der Waals surface area contributed by atoms with Gasteiger partial charge in [-0.25, -0.2) is 10.2 Å². The Bertz CT molecular complexity index is 1450. The number of fused-ring (bicyclic) bond motifs is 1. The number of para-hydroxylation sites is 1. The van der Waals surface area contributed by atoms with Crippen molar-refractivity contribution in [1.29, 1.82) is 0 Å². The van der Waals surface area contributed by atoms with Crippen LogP contribution in [0.5, 0.6) is 11.5 Å². The summed E-state index contributed by atoms with van der Waals surface area (Å²) in [6.45, 7) is 1.78. The van der Waals surface area contributed by atoms with Crippen LogP contribution in [0.25, 0.3) is 11.2 Å². The van der Waals surface area contributed by atoms with Gasteiger partial charge in [-0.1, -0.05) is 18.2 Å². The number of nitrogens with zero attached hydrogens (tertiary/aromatic N) is 4. The summed E-state index contributed by atoms with van der Waals surface area (Å²) >= 11 is 0. The van der Waals surface area contributed by atoms with Gasteiger partial charge in [-0.15, -0.1) is 0 Å². The number of aromatic amines is 1. The molecule has 0 fully saturated rings. The zero-order valence-corrected chi connectivity index (χ0v) is 19.6. The molecule has 4 aromatic rings. The Morgan fingerprint density at radius 2 is 1.86 bits per heavy atom. The predicted octanol–water partition coefficient (Wildman–Crippen LogP) is 1.71. The van der Waals surface area contributed by atoms with E-state index in [1.165, 1.54) is 16.2 Å². The van der Waals surface area contributed by atoms with Crippen molar-refractivity contribution < 1.29 is 14.6 Å². The van der Waals surface area contributed by atoms with Gasteiger partial charge in [-0.2, -0.15) is 10.1 Å². The van der Waals surface area contributed by atoms with E-state index in [9.17, 15) is 14.7 Å². The number of aliphatic hydroxyl groups excluding tert-OH is 1. The van der Waals surface area contributed by atoms with Crippen molar-refractivity contribution in [3.8, 4) is 11.5 Å². The Labute approximate surface area is 200 Å². The van der Waals surface area contributed by atoms with Crippen LogP contribution in [0.3, 0.4) is 0 Å². The highest BCUT2D eigenvalue weighted by Gasteiger charge is 2.20. The maximum Gasteiger partial charge on any atom is 0.329 e. The average molecular weight is 479 g/mol. The summed E-state index contributed by atoms with van der Waals surface area (Å²) < 4.78 is 13.5. The minimum Gasteiger partial charge on any atom is -0.497 e. The fourth-order valence-corrected chi connectivity index (χ4v) is 3.50. The molecule has 0 amide bonds. The van der Waals surface area contributed by atoms with Gasteiger partial charge in [-0.3, -0.25) is 14.3 Å². The Balaban J connectivity index is 1.64. The maximum atomic E-state index is 12.6. The Kier molecular flexibility index (Phi) is 6.97. The van der Waals surface area contributed by atoms with Crippen LogP contribution in [-0.4, -0.2) is 49.7 Å². The molecule has 2 aromatic carbocycles. The van der Waals surface area contributed by atoms with Crippen LogP contribution in [0.1, 0.15) is 12.5 Å². The van der Waals surface area contributed by atoms with Gasteiger partial charge >= 0.3 is 5.69 Å². The third-order valence-corrected chi connectivity index (χ3v) is 5.42. The molecule has 4 rings (SSSR count). The second kappa shape index (κ2) is 10.3. The second-order valence-electron chi connectivity index (χ2n) is 7.85. The maximum absolute atomic E-state index is 12.6. The number of rotatable bonds is 9. The molecule has 182 valence electrons. The minimum atomic E-state index is -0.976. The van der Waals surface area contributed by atoms with E-state index < -0.39 is 17.4 Å². The highest BCUT2D eigenvalue weighted by molar-refractivity contribution is 5.99. The van der Waals surface area contributed by atoms with E-state index in [0.717, 1.165) is 11.3 Å². The average Bonchev–Trinajstić information content (AvgIpc) is 3.24. The minimum absolute atomic E-state index is 0.0130. The summed E-state index contributed by atoms with van der Waals surface area (Å²) in [4.78, 5) is 31.4. The number of aryl methyl sites for hydroxylation is 1. The van der Waals surface area contributed by atoms with Gasteiger partial charge < -0.3 is 19.1 Å². The first-order valence-electron chi connectivity index (χ1n) is 10.9. The van der Waals surface area contributed by atoms with E-state index in [1.807, 2.05) is 49.4 Å². The topological polar surface area (TPSA) is 136 Å². The number of hydrogen-bond donors (Lipinski definition) is 3. The lowest BCUT2D eigenvalue weighted by Gasteiger charge is -2.15. The number of nitrogens with one attached hydrogen (secondary N) is 2. The quantitative estimate of drug-likeness (QED) is 0.246. The Hall–Kier alpha value is -4.38. The van der Waals surface area contributed by atoms with Crippen LogP contribution in [0.2, 0.25) is 0 Å². The molecule has 0 saturated carbocycles. The molecule has 0 aliphatic heterocycles. The molecule has 0 radical (unpaired) electrons. The molecule has 2 heterocycles. The summed E-state index contributed by atoms with van der Waals surface area (Å²) in [7, 11) is 3.10. The number of ether oxygens (including phenoxy) is 2. The molecule has 0 unspecified atom stereocenters. The molecule has 0 aliphatic carbocycles. The molecule has 35 heavy (non-hydrogen) atoms.